The molecule has 4 rings (SSSR count). The molecule has 0 bridgehead atoms. The zero-order valence-electron chi connectivity index (χ0n) is 17.9. The Morgan fingerprint density at radius 3 is 2.53 bits per heavy atom. The number of halogens is 1. The molecule has 0 aromatic heterocycles. The SMILES string of the molecule is Cc1cccc(C)c1OCC(=O)Nc1ccc2c(c1)OCC(=O)N2Cc1ccc(F)cc1. The molecule has 7 heteroatoms. The van der Waals surface area contributed by atoms with Gasteiger partial charge in [-0.05, 0) is 54.8 Å². The predicted molar refractivity (Wildman–Crippen MR) is 120 cm³/mol. The number of ether oxygens (including phenoxy) is 2. The summed E-state index contributed by atoms with van der Waals surface area (Å²) in [5, 5.41) is 2.79. The number of benzene rings is 3. The first-order valence-electron chi connectivity index (χ1n) is 10.2. The predicted octanol–water partition coefficient (Wildman–Crippen LogP) is 4.39. The molecule has 0 saturated heterocycles. The summed E-state index contributed by atoms with van der Waals surface area (Å²) in [4.78, 5) is 26.4. The van der Waals surface area contributed by atoms with Crippen LogP contribution in [-0.2, 0) is 16.1 Å². The van der Waals surface area contributed by atoms with E-state index in [0.717, 1.165) is 16.7 Å². The lowest BCUT2D eigenvalue weighted by Crippen LogP contribution is -2.38. The van der Waals surface area contributed by atoms with Crippen LogP contribution in [0.15, 0.2) is 60.7 Å². The zero-order valence-corrected chi connectivity index (χ0v) is 17.9. The van der Waals surface area contributed by atoms with Crippen LogP contribution < -0.4 is 19.7 Å². The third-order valence-electron chi connectivity index (χ3n) is 5.20. The van der Waals surface area contributed by atoms with E-state index in [-0.39, 0.29) is 30.8 Å². The van der Waals surface area contributed by atoms with Crippen LogP contribution in [0.1, 0.15) is 16.7 Å². The number of amides is 2. The second-order valence-electron chi connectivity index (χ2n) is 7.64. The normalized spacial score (nSPS) is 12.7. The topological polar surface area (TPSA) is 67.9 Å². The van der Waals surface area contributed by atoms with Gasteiger partial charge >= 0.3 is 0 Å². The van der Waals surface area contributed by atoms with E-state index in [1.807, 2.05) is 32.0 Å². The quantitative estimate of drug-likeness (QED) is 0.625. The van der Waals surface area contributed by atoms with Crippen LogP contribution in [0.25, 0.3) is 0 Å². The fourth-order valence-electron chi connectivity index (χ4n) is 3.59. The average Bonchev–Trinajstić information content (AvgIpc) is 2.77. The number of hydrogen-bond donors (Lipinski definition) is 1. The van der Waals surface area contributed by atoms with Crippen molar-refractivity contribution in [1.29, 1.82) is 0 Å². The van der Waals surface area contributed by atoms with Crippen LogP contribution in [0, 0.1) is 19.7 Å². The molecule has 3 aromatic carbocycles. The van der Waals surface area contributed by atoms with Crippen LogP contribution in [0.3, 0.4) is 0 Å². The van der Waals surface area contributed by atoms with E-state index < -0.39 is 0 Å². The van der Waals surface area contributed by atoms with Crippen molar-refractivity contribution in [1.82, 2.24) is 0 Å². The number of hydrogen-bond acceptors (Lipinski definition) is 4. The Kier molecular flexibility index (Phi) is 6.07. The first-order chi connectivity index (χ1) is 15.4. The highest BCUT2D eigenvalue weighted by atomic mass is 19.1. The molecule has 0 atom stereocenters. The monoisotopic (exact) mass is 434 g/mol. The van der Waals surface area contributed by atoms with Gasteiger partial charge in [0.05, 0.1) is 12.2 Å². The van der Waals surface area contributed by atoms with Gasteiger partial charge in [0, 0.05) is 11.8 Å². The third kappa shape index (κ3) is 4.72. The smallest absolute Gasteiger partial charge is 0.265 e. The number of rotatable bonds is 6. The summed E-state index contributed by atoms with van der Waals surface area (Å²) in [7, 11) is 0. The molecule has 0 saturated carbocycles. The summed E-state index contributed by atoms with van der Waals surface area (Å²) < 4.78 is 24.4. The van der Waals surface area contributed by atoms with Crippen LogP contribution >= 0.6 is 0 Å². The minimum Gasteiger partial charge on any atom is -0.483 e. The Morgan fingerprint density at radius 1 is 1.09 bits per heavy atom. The van der Waals surface area contributed by atoms with Gasteiger partial charge in [-0.3, -0.25) is 9.59 Å². The highest BCUT2D eigenvalue weighted by molar-refractivity contribution is 5.99. The van der Waals surface area contributed by atoms with E-state index in [1.165, 1.54) is 12.1 Å². The lowest BCUT2D eigenvalue weighted by atomic mass is 10.1. The summed E-state index contributed by atoms with van der Waals surface area (Å²) in [6, 6.07) is 16.9. The number of aryl methyl sites for hydroxylation is 2. The van der Waals surface area contributed by atoms with Crippen LogP contribution in [0.2, 0.25) is 0 Å². The maximum absolute atomic E-state index is 13.2. The van der Waals surface area contributed by atoms with Crippen molar-refractivity contribution >= 4 is 23.2 Å². The van der Waals surface area contributed by atoms with E-state index in [2.05, 4.69) is 5.32 Å². The van der Waals surface area contributed by atoms with E-state index in [9.17, 15) is 14.0 Å². The molecule has 2 amide bonds. The van der Waals surface area contributed by atoms with Gasteiger partial charge in [0.25, 0.3) is 11.8 Å². The molecule has 0 radical (unpaired) electrons. The van der Waals surface area contributed by atoms with Gasteiger partial charge in [-0.2, -0.15) is 0 Å². The number of anilines is 2. The molecule has 1 N–H and O–H groups in total. The number of carbonyl (C=O) groups excluding carboxylic acids is 2. The summed E-state index contributed by atoms with van der Waals surface area (Å²) >= 11 is 0. The summed E-state index contributed by atoms with van der Waals surface area (Å²) in [5.74, 6) is 0.360. The van der Waals surface area contributed by atoms with Gasteiger partial charge in [0.15, 0.2) is 13.2 Å². The minimum absolute atomic E-state index is 0.110. The number of para-hydroxylation sites is 1. The van der Waals surface area contributed by atoms with Crippen LogP contribution in [0.5, 0.6) is 11.5 Å². The van der Waals surface area contributed by atoms with Gasteiger partial charge in [0.2, 0.25) is 0 Å². The summed E-state index contributed by atoms with van der Waals surface area (Å²) in [5.41, 5.74) is 3.86. The highest BCUT2D eigenvalue weighted by Gasteiger charge is 2.26. The Balaban J connectivity index is 1.44. The number of fused-ring (bicyclic) bond motifs is 1. The zero-order chi connectivity index (χ0) is 22.7. The molecular weight excluding hydrogens is 411 g/mol. The first kappa shape index (κ1) is 21.4. The van der Waals surface area contributed by atoms with Crippen LogP contribution in [0.4, 0.5) is 15.8 Å². The Morgan fingerprint density at radius 2 is 1.81 bits per heavy atom. The maximum atomic E-state index is 13.2. The molecule has 1 heterocycles. The minimum atomic E-state index is -0.329. The van der Waals surface area contributed by atoms with Gasteiger partial charge < -0.3 is 19.7 Å². The van der Waals surface area contributed by atoms with Crippen molar-refractivity contribution in [3.8, 4) is 11.5 Å². The van der Waals surface area contributed by atoms with Gasteiger partial charge in [0.1, 0.15) is 17.3 Å². The average molecular weight is 434 g/mol. The molecule has 1 aliphatic rings. The van der Waals surface area contributed by atoms with E-state index in [4.69, 9.17) is 9.47 Å². The van der Waals surface area contributed by atoms with Gasteiger partial charge in [-0.25, -0.2) is 4.39 Å². The summed E-state index contributed by atoms with van der Waals surface area (Å²) in [6.45, 7) is 3.92. The van der Waals surface area contributed by atoms with Crippen molar-refractivity contribution in [2.75, 3.05) is 23.4 Å². The van der Waals surface area contributed by atoms with E-state index >= 15 is 0 Å². The first-order valence-corrected chi connectivity index (χ1v) is 10.2. The molecule has 0 spiro atoms. The van der Waals surface area contributed by atoms with Crippen LogP contribution in [-0.4, -0.2) is 25.0 Å². The van der Waals surface area contributed by atoms with Crippen molar-refractivity contribution < 1.29 is 23.5 Å². The van der Waals surface area contributed by atoms with E-state index in [0.29, 0.717) is 29.4 Å². The molecule has 1 aliphatic heterocycles. The third-order valence-corrected chi connectivity index (χ3v) is 5.20. The molecule has 0 aliphatic carbocycles. The Labute approximate surface area is 185 Å². The Bertz CT molecular complexity index is 1140. The van der Waals surface area contributed by atoms with E-state index in [1.54, 1.807) is 35.2 Å². The van der Waals surface area contributed by atoms with Crippen molar-refractivity contribution in [3.63, 3.8) is 0 Å². The lowest BCUT2D eigenvalue weighted by Gasteiger charge is -2.29. The fraction of sp³-hybridized carbons (Fsp3) is 0.200. The second kappa shape index (κ2) is 9.09. The number of nitrogens with zero attached hydrogens (tertiary/aromatic N) is 1. The molecule has 6 nitrogen and oxygen atoms in total. The highest BCUT2D eigenvalue weighted by Crippen LogP contribution is 2.35. The molecule has 32 heavy (non-hydrogen) atoms. The van der Waals surface area contributed by atoms with Gasteiger partial charge in [-0.1, -0.05) is 30.3 Å². The maximum Gasteiger partial charge on any atom is 0.265 e. The molecule has 0 unspecified atom stereocenters. The van der Waals surface area contributed by atoms with Gasteiger partial charge in [-0.15, -0.1) is 0 Å². The van der Waals surface area contributed by atoms with Crippen molar-refractivity contribution in [2.45, 2.75) is 20.4 Å². The molecular formula is C25H23FN2O4. The molecule has 164 valence electrons. The van der Waals surface area contributed by atoms with Crippen molar-refractivity contribution in [2.24, 2.45) is 0 Å². The fourth-order valence-corrected chi connectivity index (χ4v) is 3.59. The number of carbonyl (C=O) groups is 2. The Hall–Kier alpha value is -3.87. The van der Waals surface area contributed by atoms with Crippen molar-refractivity contribution in [3.05, 3.63) is 83.2 Å². The second-order valence-corrected chi connectivity index (χ2v) is 7.64. The lowest BCUT2D eigenvalue weighted by molar-refractivity contribution is -0.121. The molecule has 3 aromatic rings. The molecule has 0 fully saturated rings. The number of nitrogens with one attached hydrogen (secondary N) is 1. The summed E-state index contributed by atoms with van der Waals surface area (Å²) in [6.07, 6.45) is 0. The largest absolute Gasteiger partial charge is 0.483 e. The standard InChI is InChI=1S/C25H23FN2O4/c1-16-4-3-5-17(2)25(16)32-14-23(29)27-20-10-11-21-22(12-20)31-15-24(30)28(21)13-18-6-8-19(26)9-7-18/h3-12H,13-15H2,1-2H3,(H,27,29).